The average Bonchev–Trinajstić information content (AvgIpc) is 3.31. The molecule has 2 fully saturated rings. The van der Waals surface area contributed by atoms with Gasteiger partial charge < -0.3 is 19.9 Å². The number of hydrogen-bond acceptors (Lipinski definition) is 4. The van der Waals surface area contributed by atoms with Crippen LogP contribution in [0.1, 0.15) is 50.5 Å². The Balaban J connectivity index is 1.54. The van der Waals surface area contributed by atoms with Crippen LogP contribution >= 0.6 is 0 Å². The maximum Gasteiger partial charge on any atom is 0.306 e. The molecule has 0 unspecified atom stereocenters. The zero-order chi connectivity index (χ0) is 18.1. The van der Waals surface area contributed by atoms with Crippen molar-refractivity contribution in [1.29, 1.82) is 0 Å². The Labute approximate surface area is 152 Å². The van der Waals surface area contributed by atoms with E-state index in [9.17, 15) is 14.7 Å². The summed E-state index contributed by atoms with van der Waals surface area (Å²) in [6.07, 6.45) is 5.61. The number of fused-ring (bicyclic) bond motifs is 1. The van der Waals surface area contributed by atoms with E-state index in [2.05, 4.69) is 5.32 Å². The van der Waals surface area contributed by atoms with Crippen molar-refractivity contribution < 1.29 is 24.2 Å². The molecule has 6 nitrogen and oxygen atoms in total. The Kier molecular flexibility index (Phi) is 4.51. The maximum absolute atomic E-state index is 12.9. The van der Waals surface area contributed by atoms with Gasteiger partial charge in [0, 0.05) is 5.92 Å². The molecule has 2 aliphatic carbocycles. The number of carboxylic acids is 1. The molecule has 1 aromatic rings. The molecule has 0 saturated heterocycles. The monoisotopic (exact) mass is 359 g/mol. The van der Waals surface area contributed by atoms with Crippen LogP contribution in [-0.2, 0) is 15.1 Å². The predicted molar refractivity (Wildman–Crippen MR) is 94.2 cm³/mol. The smallest absolute Gasteiger partial charge is 0.306 e. The Morgan fingerprint density at radius 3 is 2.42 bits per heavy atom. The van der Waals surface area contributed by atoms with Crippen molar-refractivity contribution in [3.8, 4) is 11.5 Å². The largest absolute Gasteiger partial charge is 0.486 e. The van der Waals surface area contributed by atoms with Crippen molar-refractivity contribution in [2.75, 3.05) is 13.2 Å². The third kappa shape index (κ3) is 3.13. The van der Waals surface area contributed by atoms with Gasteiger partial charge in [-0.05, 0) is 49.8 Å². The molecular formula is C20H25NO5. The third-order valence-corrected chi connectivity index (χ3v) is 6.07. The lowest BCUT2D eigenvalue weighted by molar-refractivity contribution is -0.141. The fourth-order valence-corrected chi connectivity index (χ4v) is 4.59. The van der Waals surface area contributed by atoms with Crippen LogP contribution < -0.4 is 14.8 Å². The van der Waals surface area contributed by atoms with E-state index in [0.29, 0.717) is 32.5 Å². The van der Waals surface area contributed by atoms with E-state index < -0.39 is 5.97 Å². The van der Waals surface area contributed by atoms with Gasteiger partial charge in [-0.3, -0.25) is 9.59 Å². The number of hydrogen-bond donors (Lipinski definition) is 2. The predicted octanol–water partition coefficient (Wildman–Crippen LogP) is 2.84. The summed E-state index contributed by atoms with van der Waals surface area (Å²) < 4.78 is 11.3. The van der Waals surface area contributed by atoms with E-state index in [1.807, 2.05) is 18.2 Å². The summed E-state index contributed by atoms with van der Waals surface area (Å²) >= 11 is 0. The number of nitrogens with one attached hydrogen (secondary N) is 1. The van der Waals surface area contributed by atoms with Crippen molar-refractivity contribution in [1.82, 2.24) is 5.32 Å². The van der Waals surface area contributed by atoms with Gasteiger partial charge in [-0.1, -0.05) is 18.9 Å². The minimum absolute atomic E-state index is 0.00876. The standard InChI is InChI=1S/C20H25NO5/c22-18(13-3-4-14(11-13)19(23)24)21-20(7-1-2-8-20)15-5-6-16-17(12-15)26-10-9-25-16/h5-6,12-14H,1-4,7-11H2,(H,21,22)(H,23,24)/t13-,14+/m0/s1. The van der Waals surface area contributed by atoms with Crippen LogP contribution in [0.5, 0.6) is 11.5 Å². The number of carbonyl (C=O) groups excluding carboxylic acids is 1. The number of ether oxygens (including phenoxy) is 2. The van der Waals surface area contributed by atoms with Gasteiger partial charge in [0.25, 0.3) is 0 Å². The highest BCUT2D eigenvalue weighted by atomic mass is 16.6. The van der Waals surface area contributed by atoms with Gasteiger partial charge in [-0.15, -0.1) is 0 Å². The van der Waals surface area contributed by atoms with Gasteiger partial charge in [-0.2, -0.15) is 0 Å². The molecule has 0 spiro atoms. The Morgan fingerprint density at radius 1 is 1.04 bits per heavy atom. The number of amides is 1. The molecule has 1 amide bonds. The summed E-state index contributed by atoms with van der Waals surface area (Å²) in [6.45, 7) is 1.09. The van der Waals surface area contributed by atoms with E-state index in [1.54, 1.807) is 0 Å². The van der Waals surface area contributed by atoms with E-state index in [1.165, 1.54) is 0 Å². The zero-order valence-corrected chi connectivity index (χ0v) is 14.8. The minimum Gasteiger partial charge on any atom is -0.486 e. The quantitative estimate of drug-likeness (QED) is 0.863. The number of carboxylic acid groups (broad SMARTS) is 1. The molecule has 2 atom stereocenters. The van der Waals surface area contributed by atoms with Crippen LogP contribution in [0.15, 0.2) is 18.2 Å². The molecule has 4 rings (SSSR count). The lowest BCUT2D eigenvalue weighted by Gasteiger charge is -2.33. The summed E-state index contributed by atoms with van der Waals surface area (Å²) in [5, 5.41) is 12.5. The molecule has 3 aliphatic rings. The number of rotatable bonds is 4. The maximum atomic E-state index is 12.9. The van der Waals surface area contributed by atoms with Crippen LogP contribution in [0.25, 0.3) is 0 Å². The average molecular weight is 359 g/mol. The number of benzene rings is 1. The summed E-state index contributed by atoms with van der Waals surface area (Å²) in [5.41, 5.74) is 0.675. The molecule has 2 N–H and O–H groups in total. The van der Waals surface area contributed by atoms with Crippen molar-refractivity contribution in [2.45, 2.75) is 50.5 Å². The van der Waals surface area contributed by atoms with Crippen LogP contribution in [-0.4, -0.2) is 30.2 Å². The minimum atomic E-state index is -0.789. The molecule has 26 heavy (non-hydrogen) atoms. The van der Waals surface area contributed by atoms with E-state index in [4.69, 9.17) is 9.47 Å². The Morgan fingerprint density at radius 2 is 1.73 bits per heavy atom. The molecule has 2 saturated carbocycles. The van der Waals surface area contributed by atoms with Crippen molar-refractivity contribution in [3.05, 3.63) is 23.8 Å². The van der Waals surface area contributed by atoms with E-state index in [-0.39, 0.29) is 23.3 Å². The highest BCUT2D eigenvalue weighted by molar-refractivity contribution is 5.81. The van der Waals surface area contributed by atoms with Gasteiger partial charge in [0.2, 0.25) is 5.91 Å². The first kappa shape index (κ1) is 17.2. The molecule has 1 aromatic carbocycles. The molecule has 1 heterocycles. The van der Waals surface area contributed by atoms with Gasteiger partial charge in [0.1, 0.15) is 13.2 Å². The molecule has 0 aromatic heterocycles. The zero-order valence-electron chi connectivity index (χ0n) is 14.8. The number of carbonyl (C=O) groups is 2. The van der Waals surface area contributed by atoms with Crippen LogP contribution in [0, 0.1) is 11.8 Å². The number of aliphatic carboxylic acids is 1. The molecule has 0 radical (unpaired) electrons. The fourth-order valence-electron chi connectivity index (χ4n) is 4.59. The molecule has 140 valence electrons. The van der Waals surface area contributed by atoms with Gasteiger partial charge in [0.05, 0.1) is 11.5 Å². The molecule has 1 aliphatic heterocycles. The molecule has 0 bridgehead atoms. The second-order valence-electron chi connectivity index (χ2n) is 7.68. The summed E-state index contributed by atoms with van der Waals surface area (Å²) in [7, 11) is 0. The van der Waals surface area contributed by atoms with E-state index in [0.717, 1.165) is 42.7 Å². The van der Waals surface area contributed by atoms with Crippen LogP contribution in [0.4, 0.5) is 0 Å². The third-order valence-electron chi connectivity index (χ3n) is 6.07. The molecular weight excluding hydrogens is 334 g/mol. The van der Waals surface area contributed by atoms with Crippen molar-refractivity contribution >= 4 is 11.9 Å². The highest BCUT2D eigenvalue weighted by Gasteiger charge is 2.41. The van der Waals surface area contributed by atoms with Crippen LogP contribution in [0.2, 0.25) is 0 Å². The highest BCUT2D eigenvalue weighted by Crippen LogP contribution is 2.43. The second kappa shape index (κ2) is 6.82. The topological polar surface area (TPSA) is 84.9 Å². The summed E-state index contributed by atoms with van der Waals surface area (Å²) in [5.74, 6) is 0.0965. The van der Waals surface area contributed by atoms with Crippen molar-refractivity contribution in [3.63, 3.8) is 0 Å². The van der Waals surface area contributed by atoms with Crippen LogP contribution in [0.3, 0.4) is 0 Å². The van der Waals surface area contributed by atoms with Gasteiger partial charge in [0.15, 0.2) is 11.5 Å². The fraction of sp³-hybridized carbons (Fsp3) is 0.600. The van der Waals surface area contributed by atoms with Crippen molar-refractivity contribution in [2.24, 2.45) is 11.8 Å². The first-order valence-electron chi connectivity index (χ1n) is 9.52. The van der Waals surface area contributed by atoms with E-state index >= 15 is 0 Å². The lowest BCUT2D eigenvalue weighted by Crippen LogP contribution is -2.46. The SMILES string of the molecule is O=C(O)[C@@H]1CC[C@H](C(=O)NC2(c3ccc4c(c3)OCCO4)CCCC2)C1. The Hall–Kier alpha value is -2.24. The molecule has 6 heteroatoms. The summed E-state index contributed by atoms with van der Waals surface area (Å²) in [6, 6.07) is 5.94. The lowest BCUT2D eigenvalue weighted by atomic mass is 9.86. The second-order valence-corrected chi connectivity index (χ2v) is 7.68. The first-order chi connectivity index (χ1) is 12.6. The van der Waals surface area contributed by atoms with Gasteiger partial charge >= 0.3 is 5.97 Å². The Bertz CT molecular complexity index is 710. The first-order valence-corrected chi connectivity index (χ1v) is 9.52. The van der Waals surface area contributed by atoms with Gasteiger partial charge in [-0.25, -0.2) is 0 Å². The summed E-state index contributed by atoms with van der Waals surface area (Å²) in [4.78, 5) is 24.1. The normalized spacial score (nSPS) is 26.5.